The molecule has 0 amide bonds. The van der Waals surface area contributed by atoms with E-state index in [1.807, 2.05) is 18.2 Å². The summed E-state index contributed by atoms with van der Waals surface area (Å²) in [5, 5.41) is 9.96. The Morgan fingerprint density at radius 3 is 2.75 bits per heavy atom. The number of hydrogen-bond acceptors (Lipinski definition) is 2. The predicted molar refractivity (Wildman–Crippen MR) is 62.7 cm³/mol. The van der Waals surface area contributed by atoms with Crippen molar-refractivity contribution in [2.45, 2.75) is 24.8 Å². The number of nitrogens with two attached hydrogens (primary N) is 1. The maximum atomic E-state index is 8.83. The molecule has 0 bridgehead atoms. The van der Waals surface area contributed by atoms with Crippen molar-refractivity contribution in [1.82, 2.24) is 4.98 Å². The van der Waals surface area contributed by atoms with Crippen molar-refractivity contribution in [2.75, 3.05) is 0 Å². The first-order chi connectivity index (χ1) is 7.71. The van der Waals surface area contributed by atoms with Crippen molar-refractivity contribution in [3.05, 3.63) is 35.5 Å². The molecule has 80 valence electrons. The third kappa shape index (κ3) is 1.24. The molecule has 1 aliphatic carbocycles. The van der Waals surface area contributed by atoms with E-state index in [-0.39, 0.29) is 5.54 Å². The minimum Gasteiger partial charge on any atom is -0.357 e. The molecule has 3 nitrogen and oxygen atoms in total. The van der Waals surface area contributed by atoms with Gasteiger partial charge >= 0.3 is 0 Å². The monoisotopic (exact) mass is 211 g/mol. The molecule has 3 rings (SSSR count). The van der Waals surface area contributed by atoms with E-state index >= 15 is 0 Å². The summed E-state index contributed by atoms with van der Waals surface area (Å²) in [5.74, 6) is 0. The normalized spacial score (nSPS) is 18.0. The molecule has 3 heteroatoms. The van der Waals surface area contributed by atoms with Crippen LogP contribution in [-0.4, -0.2) is 4.98 Å². The highest BCUT2D eigenvalue weighted by molar-refractivity contribution is 5.82. The molecule has 0 unspecified atom stereocenters. The summed E-state index contributed by atoms with van der Waals surface area (Å²) in [6, 6.07) is 9.93. The molecule has 1 aliphatic rings. The number of fused-ring (bicyclic) bond motifs is 1. The lowest BCUT2D eigenvalue weighted by atomic mass is 9.75. The first-order valence-corrected chi connectivity index (χ1v) is 5.53. The van der Waals surface area contributed by atoms with Crippen LogP contribution in [0.15, 0.2) is 24.3 Å². The molecule has 0 radical (unpaired) electrons. The molecule has 0 atom stereocenters. The molecule has 3 N–H and O–H groups in total. The van der Waals surface area contributed by atoms with Crippen LogP contribution in [0.5, 0.6) is 0 Å². The molecule has 1 fully saturated rings. The second-order valence-corrected chi connectivity index (χ2v) is 4.61. The summed E-state index contributed by atoms with van der Waals surface area (Å²) in [6.07, 6.45) is 3.30. The maximum absolute atomic E-state index is 8.83. The number of hydrogen-bond donors (Lipinski definition) is 2. The molecule has 1 saturated carbocycles. The number of nitrogens with one attached hydrogen (secondary N) is 1. The summed E-state index contributed by atoms with van der Waals surface area (Å²) in [4.78, 5) is 3.34. The standard InChI is InChI=1S/C13H13N3/c14-8-9-2-3-10-7-12(16-11(10)6-9)13(15)4-1-5-13/h2-3,6-7,16H,1,4-5,15H2. The zero-order chi connectivity index (χ0) is 11.2. The second kappa shape index (κ2) is 3.10. The molecule has 0 aliphatic heterocycles. The summed E-state index contributed by atoms with van der Waals surface area (Å²) in [5.41, 5.74) is 8.89. The van der Waals surface area contributed by atoms with Gasteiger partial charge in [-0.15, -0.1) is 0 Å². The van der Waals surface area contributed by atoms with E-state index in [4.69, 9.17) is 11.0 Å². The van der Waals surface area contributed by atoms with E-state index in [0.717, 1.165) is 29.4 Å². The number of H-pyrrole nitrogens is 1. The summed E-state index contributed by atoms with van der Waals surface area (Å²) < 4.78 is 0. The van der Waals surface area contributed by atoms with Crippen LogP contribution in [0, 0.1) is 11.3 Å². The first kappa shape index (κ1) is 9.44. The lowest BCUT2D eigenvalue weighted by Crippen LogP contribution is -2.43. The van der Waals surface area contributed by atoms with Gasteiger partial charge in [-0.3, -0.25) is 0 Å². The number of nitrogens with zero attached hydrogens (tertiary/aromatic N) is 1. The summed E-state index contributed by atoms with van der Waals surface area (Å²) >= 11 is 0. The topological polar surface area (TPSA) is 65.6 Å². The highest BCUT2D eigenvalue weighted by atomic mass is 14.9. The van der Waals surface area contributed by atoms with Gasteiger partial charge in [-0.2, -0.15) is 5.26 Å². The second-order valence-electron chi connectivity index (χ2n) is 4.61. The van der Waals surface area contributed by atoms with E-state index < -0.39 is 0 Å². The molecule has 0 spiro atoms. The Balaban J connectivity index is 2.13. The lowest BCUT2D eigenvalue weighted by molar-refractivity contribution is 0.248. The van der Waals surface area contributed by atoms with Gasteiger partial charge in [0.25, 0.3) is 0 Å². The Morgan fingerprint density at radius 2 is 2.12 bits per heavy atom. The number of rotatable bonds is 1. The molecule has 1 aromatic heterocycles. The molecule has 1 aromatic carbocycles. The van der Waals surface area contributed by atoms with Crippen LogP contribution in [0.1, 0.15) is 30.5 Å². The average molecular weight is 211 g/mol. The Hall–Kier alpha value is -1.79. The number of aromatic nitrogens is 1. The van der Waals surface area contributed by atoms with Crippen LogP contribution in [0.2, 0.25) is 0 Å². The smallest absolute Gasteiger partial charge is 0.0992 e. The SMILES string of the molecule is N#Cc1ccc2cc(C3(N)CCC3)[nH]c2c1. The average Bonchev–Trinajstić information content (AvgIpc) is 2.68. The Kier molecular flexibility index (Phi) is 1.83. The van der Waals surface area contributed by atoms with E-state index in [1.54, 1.807) is 0 Å². The zero-order valence-corrected chi connectivity index (χ0v) is 8.96. The van der Waals surface area contributed by atoms with Crippen LogP contribution >= 0.6 is 0 Å². The molecule has 1 heterocycles. The largest absolute Gasteiger partial charge is 0.357 e. The Labute approximate surface area is 93.9 Å². The Morgan fingerprint density at radius 1 is 1.31 bits per heavy atom. The predicted octanol–water partition coefficient (Wildman–Crippen LogP) is 2.38. The van der Waals surface area contributed by atoms with Gasteiger partial charge in [-0.25, -0.2) is 0 Å². The maximum Gasteiger partial charge on any atom is 0.0992 e. The van der Waals surface area contributed by atoms with Gasteiger partial charge in [-0.05, 0) is 42.8 Å². The zero-order valence-electron chi connectivity index (χ0n) is 8.96. The van der Waals surface area contributed by atoms with Gasteiger partial charge in [0.1, 0.15) is 0 Å². The van der Waals surface area contributed by atoms with E-state index in [9.17, 15) is 0 Å². The van der Waals surface area contributed by atoms with E-state index in [2.05, 4.69) is 17.1 Å². The highest BCUT2D eigenvalue weighted by Gasteiger charge is 2.35. The first-order valence-electron chi connectivity index (χ1n) is 5.53. The van der Waals surface area contributed by atoms with Gasteiger partial charge in [0.15, 0.2) is 0 Å². The minimum atomic E-state index is -0.161. The van der Waals surface area contributed by atoms with Gasteiger partial charge in [0, 0.05) is 11.2 Å². The molecular formula is C13H13N3. The third-order valence-corrected chi connectivity index (χ3v) is 3.53. The fourth-order valence-corrected chi connectivity index (χ4v) is 2.29. The van der Waals surface area contributed by atoms with Gasteiger partial charge in [-0.1, -0.05) is 6.07 Å². The van der Waals surface area contributed by atoms with Gasteiger partial charge in [0.2, 0.25) is 0 Å². The lowest BCUT2D eigenvalue weighted by Gasteiger charge is -2.37. The molecular weight excluding hydrogens is 198 g/mol. The van der Waals surface area contributed by atoms with Crippen LogP contribution in [0.3, 0.4) is 0 Å². The van der Waals surface area contributed by atoms with Crippen molar-refractivity contribution in [3.8, 4) is 6.07 Å². The van der Waals surface area contributed by atoms with Crippen LogP contribution in [-0.2, 0) is 5.54 Å². The van der Waals surface area contributed by atoms with Crippen molar-refractivity contribution in [1.29, 1.82) is 5.26 Å². The van der Waals surface area contributed by atoms with Crippen LogP contribution < -0.4 is 5.73 Å². The van der Waals surface area contributed by atoms with Gasteiger partial charge in [0.05, 0.1) is 17.2 Å². The Bertz CT molecular complexity index is 585. The van der Waals surface area contributed by atoms with Gasteiger partial charge < -0.3 is 10.7 Å². The molecule has 2 aromatic rings. The third-order valence-electron chi connectivity index (χ3n) is 3.53. The van der Waals surface area contributed by atoms with Crippen molar-refractivity contribution < 1.29 is 0 Å². The minimum absolute atomic E-state index is 0.161. The summed E-state index contributed by atoms with van der Waals surface area (Å²) in [7, 11) is 0. The fourth-order valence-electron chi connectivity index (χ4n) is 2.29. The number of nitriles is 1. The number of aromatic amines is 1. The molecule has 0 saturated heterocycles. The van der Waals surface area contributed by atoms with Crippen LogP contribution in [0.4, 0.5) is 0 Å². The van der Waals surface area contributed by atoms with Crippen molar-refractivity contribution in [3.63, 3.8) is 0 Å². The van der Waals surface area contributed by atoms with Crippen molar-refractivity contribution >= 4 is 10.9 Å². The summed E-state index contributed by atoms with van der Waals surface area (Å²) in [6.45, 7) is 0. The quantitative estimate of drug-likeness (QED) is 0.760. The van der Waals surface area contributed by atoms with E-state index in [1.165, 1.54) is 6.42 Å². The molecule has 16 heavy (non-hydrogen) atoms. The van der Waals surface area contributed by atoms with Crippen molar-refractivity contribution in [2.24, 2.45) is 5.73 Å². The van der Waals surface area contributed by atoms with E-state index in [0.29, 0.717) is 5.56 Å². The fraction of sp³-hybridized carbons (Fsp3) is 0.308. The highest BCUT2D eigenvalue weighted by Crippen LogP contribution is 2.39. The number of benzene rings is 1. The van der Waals surface area contributed by atoms with Crippen LogP contribution in [0.25, 0.3) is 10.9 Å².